The summed E-state index contributed by atoms with van der Waals surface area (Å²) < 4.78 is 0. The van der Waals surface area contributed by atoms with Gasteiger partial charge in [0, 0.05) is 37.5 Å². The molecular weight excluding hydrogens is 236 g/mol. The van der Waals surface area contributed by atoms with Crippen LogP contribution in [0.25, 0.3) is 0 Å². The van der Waals surface area contributed by atoms with Crippen LogP contribution < -0.4 is 4.90 Å². The van der Waals surface area contributed by atoms with Gasteiger partial charge in [-0.05, 0) is 38.4 Å². The van der Waals surface area contributed by atoms with E-state index < -0.39 is 0 Å². The minimum absolute atomic E-state index is 0.269. The van der Waals surface area contributed by atoms with Crippen molar-refractivity contribution in [3.8, 4) is 0 Å². The lowest BCUT2D eigenvalue weighted by Gasteiger charge is -2.45. The van der Waals surface area contributed by atoms with E-state index in [1.165, 1.54) is 11.3 Å². The molecule has 0 radical (unpaired) electrons. The lowest BCUT2D eigenvalue weighted by atomic mass is 10.0. The van der Waals surface area contributed by atoms with Gasteiger partial charge in [0.05, 0.1) is 0 Å². The highest BCUT2D eigenvalue weighted by Gasteiger charge is 2.29. The number of aryl methyl sites for hydroxylation is 1. The van der Waals surface area contributed by atoms with Crippen LogP contribution in [-0.2, 0) is 6.42 Å². The minimum atomic E-state index is 0.269. The second kappa shape index (κ2) is 6.40. The molecule has 2 atom stereocenters. The Kier molecular flexibility index (Phi) is 4.83. The molecular formula is C16H26N2O. The van der Waals surface area contributed by atoms with Crippen molar-refractivity contribution in [2.24, 2.45) is 0 Å². The van der Waals surface area contributed by atoms with Crippen molar-refractivity contribution in [3.05, 3.63) is 29.8 Å². The van der Waals surface area contributed by atoms with Crippen molar-refractivity contribution in [2.75, 3.05) is 31.6 Å². The highest BCUT2D eigenvalue weighted by atomic mass is 16.3. The molecule has 2 rings (SSSR count). The van der Waals surface area contributed by atoms with Crippen LogP contribution in [0.5, 0.6) is 0 Å². The Hall–Kier alpha value is -1.06. The normalized spacial score (nSPS) is 24.7. The number of aliphatic hydroxyl groups is 1. The van der Waals surface area contributed by atoms with E-state index in [-0.39, 0.29) is 6.61 Å². The topological polar surface area (TPSA) is 26.7 Å². The SMILES string of the molecule is CCc1ccccc1N1CC(C)N(C)C(CCO)C1. The van der Waals surface area contributed by atoms with E-state index in [2.05, 4.69) is 55.0 Å². The maximum Gasteiger partial charge on any atom is 0.0446 e. The lowest BCUT2D eigenvalue weighted by Crippen LogP contribution is -2.56. The zero-order chi connectivity index (χ0) is 13.8. The fraction of sp³-hybridized carbons (Fsp3) is 0.625. The van der Waals surface area contributed by atoms with E-state index in [0.29, 0.717) is 12.1 Å². The quantitative estimate of drug-likeness (QED) is 0.900. The number of benzene rings is 1. The van der Waals surface area contributed by atoms with Crippen molar-refractivity contribution in [1.82, 2.24) is 4.90 Å². The van der Waals surface area contributed by atoms with Crippen LogP contribution in [0.4, 0.5) is 5.69 Å². The number of aliphatic hydroxyl groups excluding tert-OH is 1. The van der Waals surface area contributed by atoms with Crippen LogP contribution in [0.2, 0.25) is 0 Å². The number of rotatable bonds is 4. The maximum absolute atomic E-state index is 9.23. The summed E-state index contributed by atoms with van der Waals surface area (Å²) in [6.07, 6.45) is 1.92. The second-order valence-electron chi connectivity index (χ2n) is 5.57. The van der Waals surface area contributed by atoms with Crippen molar-refractivity contribution in [1.29, 1.82) is 0 Å². The first-order valence-electron chi connectivity index (χ1n) is 7.33. The summed E-state index contributed by atoms with van der Waals surface area (Å²) in [5, 5.41) is 9.23. The highest BCUT2D eigenvalue weighted by molar-refractivity contribution is 5.54. The summed E-state index contributed by atoms with van der Waals surface area (Å²) >= 11 is 0. The molecule has 2 unspecified atom stereocenters. The average molecular weight is 262 g/mol. The molecule has 0 aliphatic carbocycles. The Labute approximate surface area is 116 Å². The molecule has 0 amide bonds. The van der Waals surface area contributed by atoms with E-state index in [9.17, 15) is 5.11 Å². The van der Waals surface area contributed by atoms with Gasteiger partial charge < -0.3 is 10.0 Å². The van der Waals surface area contributed by atoms with Gasteiger partial charge >= 0.3 is 0 Å². The number of hydrogen-bond acceptors (Lipinski definition) is 3. The van der Waals surface area contributed by atoms with Gasteiger partial charge in [-0.2, -0.15) is 0 Å². The predicted molar refractivity (Wildman–Crippen MR) is 80.7 cm³/mol. The number of anilines is 1. The molecule has 1 saturated heterocycles. The first-order valence-corrected chi connectivity index (χ1v) is 7.33. The zero-order valence-corrected chi connectivity index (χ0v) is 12.3. The molecule has 1 fully saturated rings. The Balaban J connectivity index is 2.20. The van der Waals surface area contributed by atoms with Gasteiger partial charge in [-0.25, -0.2) is 0 Å². The van der Waals surface area contributed by atoms with Crippen molar-refractivity contribution in [2.45, 2.75) is 38.8 Å². The fourth-order valence-electron chi connectivity index (χ4n) is 3.02. The van der Waals surface area contributed by atoms with Crippen LogP contribution in [0.3, 0.4) is 0 Å². The molecule has 3 nitrogen and oxygen atoms in total. The minimum Gasteiger partial charge on any atom is -0.396 e. The molecule has 1 heterocycles. The molecule has 1 aliphatic heterocycles. The van der Waals surface area contributed by atoms with E-state index >= 15 is 0 Å². The summed E-state index contributed by atoms with van der Waals surface area (Å²) in [5.74, 6) is 0. The summed E-state index contributed by atoms with van der Waals surface area (Å²) in [7, 11) is 2.17. The standard InChI is InChI=1S/C16H26N2O/c1-4-14-7-5-6-8-16(14)18-11-13(2)17(3)15(12-18)9-10-19/h5-8,13,15,19H,4,9-12H2,1-3H3. The Morgan fingerprint density at radius 3 is 2.68 bits per heavy atom. The first-order chi connectivity index (χ1) is 9.17. The number of nitrogens with zero attached hydrogens (tertiary/aromatic N) is 2. The molecule has 1 aromatic carbocycles. The fourth-order valence-corrected chi connectivity index (χ4v) is 3.02. The Morgan fingerprint density at radius 2 is 2.00 bits per heavy atom. The van der Waals surface area contributed by atoms with Gasteiger partial charge in [0.15, 0.2) is 0 Å². The first kappa shape index (κ1) is 14.4. The molecule has 19 heavy (non-hydrogen) atoms. The molecule has 1 N–H and O–H groups in total. The third-order valence-electron chi connectivity index (χ3n) is 4.36. The van der Waals surface area contributed by atoms with Gasteiger partial charge in [0.1, 0.15) is 0 Å². The zero-order valence-electron chi connectivity index (χ0n) is 12.3. The third-order valence-corrected chi connectivity index (χ3v) is 4.36. The maximum atomic E-state index is 9.23. The van der Waals surface area contributed by atoms with Crippen LogP contribution in [0.1, 0.15) is 25.8 Å². The molecule has 106 valence electrons. The van der Waals surface area contributed by atoms with Crippen LogP contribution in [-0.4, -0.2) is 48.8 Å². The Morgan fingerprint density at radius 1 is 1.26 bits per heavy atom. The number of para-hydroxylation sites is 1. The number of piperazine rings is 1. The molecule has 1 aromatic rings. The number of likely N-dealkylation sites (N-methyl/N-ethyl adjacent to an activating group) is 1. The van der Waals surface area contributed by atoms with Crippen molar-refractivity contribution >= 4 is 5.69 Å². The van der Waals surface area contributed by atoms with Crippen molar-refractivity contribution < 1.29 is 5.11 Å². The molecule has 3 heteroatoms. The van der Waals surface area contributed by atoms with Gasteiger partial charge in [-0.15, -0.1) is 0 Å². The van der Waals surface area contributed by atoms with Crippen LogP contribution in [0, 0.1) is 0 Å². The third kappa shape index (κ3) is 3.10. The van der Waals surface area contributed by atoms with Crippen LogP contribution in [0.15, 0.2) is 24.3 Å². The summed E-state index contributed by atoms with van der Waals surface area (Å²) in [5.41, 5.74) is 2.79. The summed E-state index contributed by atoms with van der Waals surface area (Å²) in [6.45, 7) is 6.83. The van der Waals surface area contributed by atoms with E-state index in [1.54, 1.807) is 0 Å². The smallest absolute Gasteiger partial charge is 0.0446 e. The van der Waals surface area contributed by atoms with E-state index in [1.807, 2.05) is 0 Å². The molecule has 0 spiro atoms. The van der Waals surface area contributed by atoms with Crippen LogP contribution >= 0.6 is 0 Å². The molecule has 0 bridgehead atoms. The van der Waals surface area contributed by atoms with Crippen molar-refractivity contribution in [3.63, 3.8) is 0 Å². The van der Waals surface area contributed by atoms with Gasteiger partial charge in [-0.1, -0.05) is 25.1 Å². The second-order valence-corrected chi connectivity index (χ2v) is 5.57. The van der Waals surface area contributed by atoms with Gasteiger partial charge in [0.2, 0.25) is 0 Å². The predicted octanol–water partition coefficient (Wildman–Crippen LogP) is 2.14. The summed E-state index contributed by atoms with van der Waals surface area (Å²) in [6, 6.07) is 9.66. The lowest BCUT2D eigenvalue weighted by molar-refractivity contribution is 0.128. The Bertz CT molecular complexity index is 407. The number of hydrogen-bond donors (Lipinski definition) is 1. The highest BCUT2D eigenvalue weighted by Crippen LogP contribution is 2.26. The molecule has 1 aliphatic rings. The van der Waals surface area contributed by atoms with E-state index in [4.69, 9.17) is 0 Å². The van der Waals surface area contributed by atoms with Gasteiger partial charge in [0.25, 0.3) is 0 Å². The average Bonchev–Trinajstić information content (AvgIpc) is 2.43. The molecule has 0 aromatic heterocycles. The molecule has 0 saturated carbocycles. The monoisotopic (exact) mass is 262 g/mol. The van der Waals surface area contributed by atoms with E-state index in [0.717, 1.165) is 25.9 Å². The van der Waals surface area contributed by atoms with Gasteiger partial charge in [-0.3, -0.25) is 4.90 Å². The largest absolute Gasteiger partial charge is 0.396 e. The summed E-state index contributed by atoms with van der Waals surface area (Å²) in [4.78, 5) is 4.89.